The van der Waals surface area contributed by atoms with Gasteiger partial charge in [-0.1, -0.05) is 12.1 Å². The number of hydrogen-bond donors (Lipinski definition) is 2. The molecule has 21 heavy (non-hydrogen) atoms. The van der Waals surface area contributed by atoms with Crippen molar-refractivity contribution in [1.82, 2.24) is 0 Å². The van der Waals surface area contributed by atoms with Gasteiger partial charge in [0.2, 0.25) is 5.91 Å². The van der Waals surface area contributed by atoms with Crippen LogP contribution in [0.25, 0.3) is 0 Å². The van der Waals surface area contributed by atoms with Gasteiger partial charge in [-0.3, -0.25) is 4.79 Å². The van der Waals surface area contributed by atoms with Crippen molar-refractivity contribution in [3.8, 4) is 5.75 Å². The Morgan fingerprint density at radius 3 is 2.76 bits per heavy atom. The molecule has 2 aromatic rings. The Morgan fingerprint density at radius 2 is 2.05 bits per heavy atom. The topological polar surface area (TPSA) is 64.3 Å². The highest BCUT2D eigenvalue weighted by molar-refractivity contribution is 9.10. The first kappa shape index (κ1) is 15.3. The molecule has 0 atom stereocenters. The quantitative estimate of drug-likeness (QED) is 0.808. The van der Waals surface area contributed by atoms with Gasteiger partial charge in [0, 0.05) is 0 Å². The summed E-state index contributed by atoms with van der Waals surface area (Å²) in [5, 5.41) is 2.70. The zero-order valence-corrected chi connectivity index (χ0v) is 12.7. The largest absolute Gasteiger partial charge is 0.493 e. The van der Waals surface area contributed by atoms with Crippen LogP contribution >= 0.6 is 15.9 Å². The molecule has 0 aromatic heterocycles. The number of nitrogen functional groups attached to an aromatic ring is 1. The molecule has 1 amide bonds. The van der Waals surface area contributed by atoms with Crippen LogP contribution in [0.1, 0.15) is 6.42 Å². The standard InChI is InChI=1S/C15H14BrFN2O2/c16-11-9-10(5-6-12(11)17)21-8-7-15(20)19-14-4-2-1-3-13(14)18/h1-6,9H,7-8,18H2,(H,19,20). The molecule has 3 N–H and O–H groups in total. The minimum Gasteiger partial charge on any atom is -0.493 e. The lowest BCUT2D eigenvalue weighted by Crippen LogP contribution is -2.16. The van der Waals surface area contributed by atoms with Gasteiger partial charge in [-0.25, -0.2) is 4.39 Å². The van der Waals surface area contributed by atoms with Crippen molar-refractivity contribution >= 4 is 33.2 Å². The van der Waals surface area contributed by atoms with Crippen molar-refractivity contribution in [2.24, 2.45) is 0 Å². The second-order valence-electron chi connectivity index (χ2n) is 4.31. The van der Waals surface area contributed by atoms with Crippen molar-refractivity contribution in [2.45, 2.75) is 6.42 Å². The van der Waals surface area contributed by atoms with Gasteiger partial charge < -0.3 is 15.8 Å². The summed E-state index contributed by atoms with van der Waals surface area (Å²) < 4.78 is 18.8. The van der Waals surface area contributed by atoms with Crippen LogP contribution in [0.4, 0.5) is 15.8 Å². The predicted molar refractivity (Wildman–Crippen MR) is 83.7 cm³/mol. The van der Waals surface area contributed by atoms with Crippen LogP contribution in [0.15, 0.2) is 46.9 Å². The lowest BCUT2D eigenvalue weighted by Gasteiger charge is -2.09. The highest BCUT2D eigenvalue weighted by Crippen LogP contribution is 2.22. The summed E-state index contributed by atoms with van der Waals surface area (Å²) in [6, 6.07) is 11.3. The highest BCUT2D eigenvalue weighted by Gasteiger charge is 2.06. The summed E-state index contributed by atoms with van der Waals surface area (Å²) in [7, 11) is 0. The number of carbonyl (C=O) groups is 1. The number of nitrogens with one attached hydrogen (secondary N) is 1. The maximum Gasteiger partial charge on any atom is 0.227 e. The van der Waals surface area contributed by atoms with E-state index in [0.29, 0.717) is 21.6 Å². The Kier molecular flexibility index (Phi) is 5.16. The smallest absolute Gasteiger partial charge is 0.227 e. The molecule has 0 aliphatic heterocycles. The number of ether oxygens (including phenoxy) is 1. The third-order valence-corrected chi connectivity index (χ3v) is 3.33. The molecule has 2 rings (SSSR count). The molecule has 110 valence electrons. The van der Waals surface area contributed by atoms with Gasteiger partial charge in [-0.15, -0.1) is 0 Å². The van der Waals surface area contributed by atoms with Crippen LogP contribution in [0.5, 0.6) is 5.75 Å². The van der Waals surface area contributed by atoms with E-state index >= 15 is 0 Å². The van der Waals surface area contributed by atoms with E-state index in [1.807, 2.05) is 0 Å². The van der Waals surface area contributed by atoms with E-state index in [9.17, 15) is 9.18 Å². The van der Waals surface area contributed by atoms with Crippen molar-refractivity contribution in [1.29, 1.82) is 0 Å². The van der Waals surface area contributed by atoms with Crippen molar-refractivity contribution in [2.75, 3.05) is 17.7 Å². The Bertz CT molecular complexity index is 649. The lowest BCUT2D eigenvalue weighted by atomic mass is 10.2. The number of benzene rings is 2. The first-order valence-corrected chi connectivity index (χ1v) is 7.08. The summed E-state index contributed by atoms with van der Waals surface area (Å²) in [6.07, 6.45) is 0.170. The maximum absolute atomic E-state index is 13.1. The summed E-state index contributed by atoms with van der Waals surface area (Å²) in [5.74, 6) is -0.0657. The van der Waals surface area contributed by atoms with Crippen molar-refractivity contribution in [3.63, 3.8) is 0 Å². The molecule has 0 aliphatic carbocycles. The molecule has 0 unspecified atom stereocenters. The number of nitrogens with two attached hydrogens (primary N) is 1. The molecule has 0 spiro atoms. The fraction of sp³-hybridized carbons (Fsp3) is 0.133. The summed E-state index contributed by atoms with van der Waals surface area (Å²) in [4.78, 5) is 11.8. The zero-order valence-electron chi connectivity index (χ0n) is 11.1. The first-order valence-electron chi connectivity index (χ1n) is 6.28. The van der Waals surface area contributed by atoms with Crippen molar-refractivity contribution < 1.29 is 13.9 Å². The fourth-order valence-corrected chi connectivity index (χ4v) is 2.01. The third kappa shape index (κ3) is 4.46. The van der Waals surface area contributed by atoms with Crippen LogP contribution in [0.2, 0.25) is 0 Å². The average molecular weight is 353 g/mol. The number of halogens is 2. The monoisotopic (exact) mass is 352 g/mol. The Morgan fingerprint density at radius 1 is 1.29 bits per heavy atom. The number of para-hydroxylation sites is 2. The molecule has 0 radical (unpaired) electrons. The molecule has 0 bridgehead atoms. The Balaban J connectivity index is 1.82. The molecule has 0 saturated carbocycles. The molecule has 0 saturated heterocycles. The SMILES string of the molecule is Nc1ccccc1NC(=O)CCOc1ccc(F)c(Br)c1. The van der Waals surface area contributed by atoms with E-state index in [4.69, 9.17) is 10.5 Å². The van der Waals surface area contributed by atoms with Crippen LogP contribution in [0.3, 0.4) is 0 Å². The maximum atomic E-state index is 13.1. The minimum atomic E-state index is -0.361. The van der Waals surface area contributed by atoms with E-state index in [2.05, 4.69) is 21.2 Å². The minimum absolute atomic E-state index is 0.170. The average Bonchev–Trinajstić information content (AvgIpc) is 2.45. The molecular formula is C15H14BrFN2O2. The van der Waals surface area contributed by atoms with E-state index in [1.54, 1.807) is 24.3 Å². The normalized spacial score (nSPS) is 10.2. The molecular weight excluding hydrogens is 339 g/mol. The summed E-state index contributed by atoms with van der Waals surface area (Å²) >= 11 is 3.07. The molecule has 2 aromatic carbocycles. The van der Waals surface area contributed by atoms with E-state index < -0.39 is 0 Å². The van der Waals surface area contributed by atoms with E-state index in [0.717, 1.165) is 0 Å². The molecule has 0 heterocycles. The van der Waals surface area contributed by atoms with Gasteiger partial charge >= 0.3 is 0 Å². The number of hydrogen-bond acceptors (Lipinski definition) is 3. The van der Waals surface area contributed by atoms with Gasteiger partial charge in [0.15, 0.2) is 0 Å². The molecule has 6 heteroatoms. The fourth-order valence-electron chi connectivity index (χ4n) is 1.65. The van der Waals surface area contributed by atoms with E-state index in [1.165, 1.54) is 18.2 Å². The second-order valence-corrected chi connectivity index (χ2v) is 5.16. The Hall–Kier alpha value is -2.08. The van der Waals surface area contributed by atoms with Gasteiger partial charge in [0.25, 0.3) is 0 Å². The Labute approximate surface area is 130 Å². The zero-order chi connectivity index (χ0) is 15.2. The van der Waals surface area contributed by atoms with Gasteiger partial charge in [0.1, 0.15) is 11.6 Å². The van der Waals surface area contributed by atoms with Crippen LogP contribution in [0, 0.1) is 5.82 Å². The first-order chi connectivity index (χ1) is 10.1. The number of carbonyl (C=O) groups excluding carboxylic acids is 1. The number of anilines is 2. The number of rotatable bonds is 5. The summed E-state index contributed by atoms with van der Waals surface area (Å²) in [6.45, 7) is 0.191. The molecule has 0 aliphatic rings. The van der Waals surface area contributed by atoms with Gasteiger partial charge in [-0.05, 0) is 46.3 Å². The van der Waals surface area contributed by atoms with Crippen molar-refractivity contribution in [3.05, 3.63) is 52.8 Å². The highest BCUT2D eigenvalue weighted by atomic mass is 79.9. The third-order valence-electron chi connectivity index (χ3n) is 2.72. The molecule has 4 nitrogen and oxygen atoms in total. The summed E-state index contributed by atoms with van der Waals surface area (Å²) in [5.41, 5.74) is 6.82. The van der Waals surface area contributed by atoms with E-state index in [-0.39, 0.29) is 24.8 Å². The lowest BCUT2D eigenvalue weighted by molar-refractivity contribution is -0.116. The molecule has 0 fully saturated rings. The van der Waals surface area contributed by atoms with Crippen LogP contribution in [-0.2, 0) is 4.79 Å². The second kappa shape index (κ2) is 7.08. The number of amides is 1. The van der Waals surface area contributed by atoms with Crippen LogP contribution < -0.4 is 15.8 Å². The predicted octanol–water partition coefficient (Wildman–Crippen LogP) is 3.58. The van der Waals surface area contributed by atoms with Gasteiger partial charge in [0.05, 0.1) is 28.9 Å². The van der Waals surface area contributed by atoms with Gasteiger partial charge in [-0.2, -0.15) is 0 Å². The van der Waals surface area contributed by atoms with Crippen LogP contribution in [-0.4, -0.2) is 12.5 Å².